The fraction of sp³-hybridized carbons (Fsp3) is 0.111. The normalized spacial score (nSPS) is 11.9. The summed E-state index contributed by atoms with van der Waals surface area (Å²) >= 11 is 0. The lowest BCUT2D eigenvalue weighted by atomic mass is 9.88. The van der Waals surface area contributed by atoms with Gasteiger partial charge in [0.05, 0.1) is 22.1 Å². The Bertz CT molecular complexity index is 1490. The first-order chi connectivity index (χ1) is 16.1. The number of nitrogens with zero attached hydrogens (tertiary/aromatic N) is 6. The standard InChI is InChI=1S/C27H22N6/c1-27(2,23-11-15-29-26(30-23)33-18-14-20-8-4-6-10-22(20)33)25-28-16-12-24(31-25)32-17-13-19-7-3-5-9-21(19)32/h3-18H,1-2H3. The number of benzene rings is 2. The van der Waals surface area contributed by atoms with Gasteiger partial charge in [0.15, 0.2) is 0 Å². The minimum absolute atomic E-state index is 0.514. The maximum Gasteiger partial charge on any atom is 0.234 e. The molecule has 0 saturated carbocycles. The van der Waals surface area contributed by atoms with Crippen molar-refractivity contribution >= 4 is 21.8 Å². The van der Waals surface area contributed by atoms with Crippen LogP contribution in [0.2, 0.25) is 0 Å². The van der Waals surface area contributed by atoms with Crippen LogP contribution in [0.15, 0.2) is 97.6 Å². The van der Waals surface area contributed by atoms with Gasteiger partial charge in [-0.1, -0.05) is 36.4 Å². The fourth-order valence-corrected chi connectivity index (χ4v) is 4.25. The van der Waals surface area contributed by atoms with Crippen LogP contribution in [0.3, 0.4) is 0 Å². The third-order valence-electron chi connectivity index (χ3n) is 6.14. The van der Waals surface area contributed by atoms with Gasteiger partial charge in [0.25, 0.3) is 0 Å². The summed E-state index contributed by atoms with van der Waals surface area (Å²) < 4.78 is 4.10. The van der Waals surface area contributed by atoms with Crippen molar-refractivity contribution in [3.8, 4) is 11.8 Å². The molecule has 0 aliphatic rings. The van der Waals surface area contributed by atoms with Crippen LogP contribution in [0.25, 0.3) is 33.6 Å². The van der Waals surface area contributed by atoms with E-state index >= 15 is 0 Å². The Morgan fingerprint density at radius 3 is 2.03 bits per heavy atom. The van der Waals surface area contributed by atoms with E-state index in [1.165, 1.54) is 5.39 Å². The minimum Gasteiger partial charge on any atom is -0.301 e. The highest BCUT2D eigenvalue weighted by molar-refractivity contribution is 5.82. The minimum atomic E-state index is -0.514. The van der Waals surface area contributed by atoms with E-state index in [0.717, 1.165) is 27.9 Å². The number of hydrogen-bond donors (Lipinski definition) is 0. The van der Waals surface area contributed by atoms with E-state index in [9.17, 15) is 0 Å². The Kier molecular flexibility index (Phi) is 4.33. The zero-order valence-electron chi connectivity index (χ0n) is 18.4. The smallest absolute Gasteiger partial charge is 0.234 e. The molecule has 2 aromatic carbocycles. The number of rotatable bonds is 4. The zero-order chi connectivity index (χ0) is 22.4. The molecule has 0 unspecified atom stereocenters. The van der Waals surface area contributed by atoms with Crippen molar-refractivity contribution in [3.05, 3.63) is 109 Å². The molecular formula is C27H22N6. The van der Waals surface area contributed by atoms with Crippen molar-refractivity contribution in [2.45, 2.75) is 19.3 Å². The molecule has 33 heavy (non-hydrogen) atoms. The molecule has 0 amide bonds. The molecule has 6 aromatic rings. The summed E-state index contributed by atoms with van der Waals surface area (Å²) in [4.78, 5) is 19.0. The van der Waals surface area contributed by atoms with E-state index in [1.807, 2.05) is 59.6 Å². The van der Waals surface area contributed by atoms with E-state index < -0.39 is 5.41 Å². The SMILES string of the molecule is CC(C)(c1ccnc(-n2ccc3ccccc32)n1)c1nccc(-n2ccc3ccccc32)n1. The van der Waals surface area contributed by atoms with E-state index in [0.29, 0.717) is 11.8 Å². The predicted molar refractivity (Wildman–Crippen MR) is 130 cm³/mol. The van der Waals surface area contributed by atoms with Gasteiger partial charge in [-0.2, -0.15) is 0 Å². The molecule has 6 rings (SSSR count). The lowest BCUT2D eigenvalue weighted by Gasteiger charge is -2.23. The van der Waals surface area contributed by atoms with Crippen molar-refractivity contribution in [1.82, 2.24) is 29.1 Å². The second-order valence-corrected chi connectivity index (χ2v) is 8.59. The molecule has 0 spiro atoms. The summed E-state index contributed by atoms with van der Waals surface area (Å²) in [5.41, 5.74) is 2.54. The van der Waals surface area contributed by atoms with Crippen LogP contribution in [-0.4, -0.2) is 29.1 Å². The molecule has 0 aliphatic heterocycles. The predicted octanol–water partition coefficient (Wildman–Crippen LogP) is 5.48. The van der Waals surface area contributed by atoms with Crippen LogP contribution in [0.1, 0.15) is 25.4 Å². The molecular weight excluding hydrogens is 408 g/mol. The Morgan fingerprint density at radius 1 is 0.636 bits per heavy atom. The van der Waals surface area contributed by atoms with Crippen molar-refractivity contribution in [2.75, 3.05) is 0 Å². The third kappa shape index (κ3) is 3.19. The summed E-state index contributed by atoms with van der Waals surface area (Å²) in [6.45, 7) is 4.19. The molecule has 4 heterocycles. The molecule has 0 radical (unpaired) electrons. The fourth-order valence-electron chi connectivity index (χ4n) is 4.25. The largest absolute Gasteiger partial charge is 0.301 e. The Labute approximate surface area is 191 Å². The Morgan fingerprint density at radius 2 is 1.27 bits per heavy atom. The van der Waals surface area contributed by atoms with Gasteiger partial charge in [0.1, 0.15) is 11.6 Å². The number of para-hydroxylation sites is 2. The maximum absolute atomic E-state index is 4.94. The highest BCUT2D eigenvalue weighted by Crippen LogP contribution is 2.29. The van der Waals surface area contributed by atoms with E-state index in [-0.39, 0.29) is 0 Å². The van der Waals surface area contributed by atoms with Crippen LogP contribution in [0, 0.1) is 0 Å². The molecule has 0 aliphatic carbocycles. The molecule has 0 bridgehead atoms. The van der Waals surface area contributed by atoms with E-state index in [2.05, 4.69) is 64.8 Å². The average molecular weight is 431 g/mol. The first-order valence-corrected chi connectivity index (χ1v) is 10.9. The van der Waals surface area contributed by atoms with E-state index in [4.69, 9.17) is 9.97 Å². The van der Waals surface area contributed by atoms with Crippen LogP contribution in [0.5, 0.6) is 0 Å². The van der Waals surface area contributed by atoms with Gasteiger partial charge in [-0.15, -0.1) is 0 Å². The molecule has 0 N–H and O–H groups in total. The maximum atomic E-state index is 4.94. The first-order valence-electron chi connectivity index (χ1n) is 10.9. The van der Waals surface area contributed by atoms with Crippen molar-refractivity contribution < 1.29 is 0 Å². The molecule has 0 fully saturated rings. The third-order valence-corrected chi connectivity index (χ3v) is 6.14. The highest BCUT2D eigenvalue weighted by Gasteiger charge is 2.29. The van der Waals surface area contributed by atoms with Gasteiger partial charge in [-0.25, -0.2) is 19.9 Å². The topological polar surface area (TPSA) is 61.4 Å². The first kappa shape index (κ1) is 19.4. The van der Waals surface area contributed by atoms with Gasteiger partial charge >= 0.3 is 0 Å². The summed E-state index contributed by atoms with van der Waals surface area (Å²) in [6.07, 6.45) is 7.67. The van der Waals surface area contributed by atoms with Crippen molar-refractivity contribution in [1.29, 1.82) is 0 Å². The Balaban J connectivity index is 1.42. The van der Waals surface area contributed by atoms with Gasteiger partial charge < -0.3 is 4.57 Å². The van der Waals surface area contributed by atoms with Gasteiger partial charge in [0, 0.05) is 30.2 Å². The van der Waals surface area contributed by atoms with Crippen LogP contribution in [0.4, 0.5) is 0 Å². The van der Waals surface area contributed by atoms with E-state index in [1.54, 1.807) is 6.20 Å². The lowest BCUT2D eigenvalue weighted by molar-refractivity contribution is 0.565. The molecule has 4 aromatic heterocycles. The molecule has 6 nitrogen and oxygen atoms in total. The quantitative estimate of drug-likeness (QED) is 0.372. The molecule has 0 saturated heterocycles. The number of aromatic nitrogens is 6. The summed E-state index contributed by atoms with van der Waals surface area (Å²) in [7, 11) is 0. The summed E-state index contributed by atoms with van der Waals surface area (Å²) in [6, 6.07) is 24.5. The van der Waals surface area contributed by atoms with Crippen LogP contribution < -0.4 is 0 Å². The molecule has 160 valence electrons. The van der Waals surface area contributed by atoms with Crippen molar-refractivity contribution in [2.24, 2.45) is 0 Å². The van der Waals surface area contributed by atoms with Crippen LogP contribution >= 0.6 is 0 Å². The second-order valence-electron chi connectivity index (χ2n) is 8.59. The monoisotopic (exact) mass is 430 g/mol. The zero-order valence-corrected chi connectivity index (χ0v) is 18.4. The Hall–Kier alpha value is -4.32. The van der Waals surface area contributed by atoms with Crippen molar-refractivity contribution in [3.63, 3.8) is 0 Å². The summed E-state index contributed by atoms with van der Waals surface area (Å²) in [5, 5.41) is 2.33. The van der Waals surface area contributed by atoms with Crippen LogP contribution in [-0.2, 0) is 5.41 Å². The highest BCUT2D eigenvalue weighted by atomic mass is 15.1. The second kappa shape index (κ2) is 7.38. The lowest BCUT2D eigenvalue weighted by Crippen LogP contribution is -2.25. The van der Waals surface area contributed by atoms with Gasteiger partial charge in [-0.05, 0) is 55.6 Å². The number of fused-ring (bicyclic) bond motifs is 2. The number of hydrogen-bond acceptors (Lipinski definition) is 4. The molecule has 6 heteroatoms. The summed E-state index contributed by atoms with van der Waals surface area (Å²) in [5.74, 6) is 2.18. The van der Waals surface area contributed by atoms with Gasteiger partial charge in [0.2, 0.25) is 5.95 Å². The molecule has 0 atom stereocenters. The average Bonchev–Trinajstić information content (AvgIpc) is 3.49. The van der Waals surface area contributed by atoms with Gasteiger partial charge in [-0.3, -0.25) is 4.57 Å².